The van der Waals surface area contributed by atoms with Crippen LogP contribution in [0.3, 0.4) is 0 Å². The monoisotopic (exact) mass is 626 g/mol. The molecule has 1 aliphatic carbocycles. The van der Waals surface area contributed by atoms with Gasteiger partial charge in [0.05, 0.1) is 0 Å². The molecule has 0 amide bonds. The van der Waals surface area contributed by atoms with E-state index in [1.165, 1.54) is 108 Å². The summed E-state index contributed by atoms with van der Waals surface area (Å²) in [5.74, 6) is 0. The fraction of sp³-hybridized carbons (Fsp3) is 0.0638. The molecule has 0 saturated heterocycles. The molecule has 0 nitrogen and oxygen atoms in total. The van der Waals surface area contributed by atoms with Gasteiger partial charge in [-0.2, -0.15) is 0 Å². The molecule has 9 aromatic carbocycles. The zero-order valence-corrected chi connectivity index (χ0v) is 27.6. The predicted molar refractivity (Wildman–Crippen MR) is 209 cm³/mol. The Balaban J connectivity index is 1.27. The van der Waals surface area contributed by atoms with Gasteiger partial charge in [0, 0.05) is 31.2 Å². The number of fused-ring (bicyclic) bond motifs is 7. The first-order chi connectivity index (χ1) is 23.6. The second kappa shape index (κ2) is 9.31. The van der Waals surface area contributed by atoms with Gasteiger partial charge >= 0.3 is 0 Å². The van der Waals surface area contributed by atoms with E-state index in [4.69, 9.17) is 0 Å². The van der Waals surface area contributed by atoms with E-state index in [0.717, 1.165) is 0 Å². The molecule has 1 heterocycles. The summed E-state index contributed by atoms with van der Waals surface area (Å²) in [7, 11) is 0. The van der Waals surface area contributed by atoms with Crippen LogP contribution in [0.5, 0.6) is 0 Å². The maximum absolute atomic E-state index is 2.51. The Morgan fingerprint density at radius 1 is 0.417 bits per heavy atom. The molecule has 224 valence electrons. The highest BCUT2D eigenvalue weighted by Gasteiger charge is 2.38. The summed E-state index contributed by atoms with van der Waals surface area (Å²) in [5.41, 5.74) is 10.8. The number of thiophene rings is 1. The Bertz CT molecular complexity index is 2970. The molecule has 0 N–H and O–H groups in total. The van der Waals surface area contributed by atoms with Gasteiger partial charge in [0.2, 0.25) is 0 Å². The summed E-state index contributed by atoms with van der Waals surface area (Å²) >= 11 is 1.94. The van der Waals surface area contributed by atoms with E-state index in [1.54, 1.807) is 0 Å². The molecule has 0 radical (unpaired) electrons. The Hall–Kier alpha value is -5.50. The zero-order chi connectivity index (χ0) is 31.7. The third-order valence-electron chi connectivity index (χ3n) is 11.2. The van der Waals surface area contributed by atoms with E-state index >= 15 is 0 Å². The van der Waals surface area contributed by atoms with Crippen molar-refractivity contribution in [3.05, 3.63) is 157 Å². The van der Waals surface area contributed by atoms with Crippen molar-refractivity contribution < 1.29 is 0 Å². The second-order valence-corrected chi connectivity index (χ2v) is 15.1. The normalized spacial score (nSPS) is 13.8. The van der Waals surface area contributed by atoms with Crippen molar-refractivity contribution in [2.24, 2.45) is 0 Å². The van der Waals surface area contributed by atoms with Gasteiger partial charge in [-0.3, -0.25) is 0 Å². The lowest BCUT2D eigenvalue weighted by Crippen LogP contribution is -2.14. The molecule has 0 spiro atoms. The van der Waals surface area contributed by atoms with Crippen molar-refractivity contribution in [1.29, 1.82) is 0 Å². The molecule has 0 bridgehead atoms. The van der Waals surface area contributed by atoms with Crippen molar-refractivity contribution in [2.75, 3.05) is 0 Å². The van der Waals surface area contributed by atoms with Gasteiger partial charge in [-0.05, 0) is 100 Å². The molecule has 0 unspecified atom stereocenters. The summed E-state index contributed by atoms with van der Waals surface area (Å²) in [5, 5.41) is 13.2. The predicted octanol–water partition coefficient (Wildman–Crippen LogP) is 13.7. The van der Waals surface area contributed by atoms with Crippen LogP contribution in [0.25, 0.3) is 96.6 Å². The molecule has 48 heavy (non-hydrogen) atoms. The number of hydrogen-bond donors (Lipinski definition) is 0. The fourth-order valence-corrected chi connectivity index (χ4v) is 10.2. The third-order valence-corrected chi connectivity index (χ3v) is 12.4. The molecule has 0 aliphatic heterocycles. The van der Waals surface area contributed by atoms with E-state index in [0.29, 0.717) is 0 Å². The number of benzene rings is 9. The SMILES string of the molecule is CC1(C)c2ccccc2-c2c1cc1c(sc3ccccc31)c2-c1ccc2ccc3c(-c4ccc5ccccc5c4)ccc4ccc1c2c43. The van der Waals surface area contributed by atoms with Crippen LogP contribution in [0.1, 0.15) is 25.0 Å². The summed E-state index contributed by atoms with van der Waals surface area (Å²) in [6, 6.07) is 54.9. The first-order valence-electron chi connectivity index (χ1n) is 16.8. The van der Waals surface area contributed by atoms with E-state index in [9.17, 15) is 0 Å². The van der Waals surface area contributed by atoms with Crippen LogP contribution < -0.4 is 0 Å². The lowest BCUT2D eigenvalue weighted by atomic mass is 9.80. The summed E-state index contributed by atoms with van der Waals surface area (Å²) in [6.07, 6.45) is 0. The van der Waals surface area contributed by atoms with Crippen molar-refractivity contribution >= 4 is 74.6 Å². The highest BCUT2D eigenvalue weighted by atomic mass is 32.1. The highest BCUT2D eigenvalue weighted by molar-refractivity contribution is 7.26. The van der Waals surface area contributed by atoms with Crippen molar-refractivity contribution in [3.63, 3.8) is 0 Å². The van der Waals surface area contributed by atoms with E-state index in [-0.39, 0.29) is 5.41 Å². The minimum absolute atomic E-state index is 0.0869. The van der Waals surface area contributed by atoms with Gasteiger partial charge in [-0.1, -0.05) is 141 Å². The highest BCUT2D eigenvalue weighted by Crippen LogP contribution is 2.57. The average molecular weight is 627 g/mol. The van der Waals surface area contributed by atoms with Crippen molar-refractivity contribution in [2.45, 2.75) is 19.3 Å². The van der Waals surface area contributed by atoms with Crippen LogP contribution in [0, 0.1) is 0 Å². The topological polar surface area (TPSA) is 0 Å². The lowest BCUT2D eigenvalue weighted by Gasteiger charge is -2.23. The van der Waals surface area contributed by atoms with Crippen LogP contribution in [-0.4, -0.2) is 0 Å². The smallest absolute Gasteiger partial charge is 0.0440 e. The van der Waals surface area contributed by atoms with Gasteiger partial charge in [0.25, 0.3) is 0 Å². The summed E-state index contributed by atoms with van der Waals surface area (Å²) < 4.78 is 2.73. The van der Waals surface area contributed by atoms with Gasteiger partial charge in [0.1, 0.15) is 0 Å². The minimum Gasteiger partial charge on any atom is -0.135 e. The van der Waals surface area contributed by atoms with Gasteiger partial charge in [0.15, 0.2) is 0 Å². The van der Waals surface area contributed by atoms with Crippen LogP contribution in [0.4, 0.5) is 0 Å². The quantitative estimate of drug-likeness (QED) is 0.168. The van der Waals surface area contributed by atoms with Crippen LogP contribution >= 0.6 is 11.3 Å². The average Bonchev–Trinajstić information content (AvgIpc) is 3.61. The Morgan fingerprint density at radius 3 is 1.90 bits per heavy atom. The molecular formula is C47H30S. The van der Waals surface area contributed by atoms with Gasteiger partial charge in [-0.15, -0.1) is 11.3 Å². The molecule has 1 aromatic heterocycles. The fourth-order valence-electron chi connectivity index (χ4n) is 8.91. The van der Waals surface area contributed by atoms with Crippen LogP contribution in [0.2, 0.25) is 0 Å². The minimum atomic E-state index is -0.0869. The first-order valence-corrected chi connectivity index (χ1v) is 17.7. The molecule has 11 rings (SSSR count). The van der Waals surface area contributed by atoms with E-state index in [1.807, 2.05) is 11.3 Å². The van der Waals surface area contributed by atoms with Crippen molar-refractivity contribution in [3.8, 4) is 33.4 Å². The molecule has 10 aromatic rings. The maximum atomic E-state index is 2.51. The maximum Gasteiger partial charge on any atom is 0.0440 e. The van der Waals surface area contributed by atoms with E-state index in [2.05, 4.69) is 159 Å². The lowest BCUT2D eigenvalue weighted by molar-refractivity contribution is 0.661. The van der Waals surface area contributed by atoms with Crippen LogP contribution in [0.15, 0.2) is 146 Å². The van der Waals surface area contributed by atoms with Crippen LogP contribution in [-0.2, 0) is 5.41 Å². The number of rotatable bonds is 2. The largest absolute Gasteiger partial charge is 0.135 e. The number of hydrogen-bond acceptors (Lipinski definition) is 1. The summed E-state index contributed by atoms with van der Waals surface area (Å²) in [6.45, 7) is 4.81. The molecular weight excluding hydrogens is 597 g/mol. The molecule has 0 saturated carbocycles. The van der Waals surface area contributed by atoms with E-state index < -0.39 is 0 Å². The van der Waals surface area contributed by atoms with Gasteiger partial charge in [-0.25, -0.2) is 0 Å². The van der Waals surface area contributed by atoms with Crippen molar-refractivity contribution in [1.82, 2.24) is 0 Å². The molecule has 1 aliphatic rings. The third kappa shape index (κ3) is 3.39. The molecule has 1 heteroatoms. The Kier molecular flexibility index (Phi) is 5.15. The Labute approximate surface area is 282 Å². The molecule has 0 fully saturated rings. The summed E-state index contributed by atoms with van der Waals surface area (Å²) in [4.78, 5) is 0. The molecule has 0 atom stereocenters. The van der Waals surface area contributed by atoms with Gasteiger partial charge < -0.3 is 0 Å². The standard InChI is InChI=1S/C47H30S/c1-47(2)39-13-7-5-12-37(39)44-40(47)26-38-33-11-6-8-14-41(33)48-46(38)45(44)36-24-20-29-18-22-34-32(21-17-28-19-23-35(36)43(29)42(28)34)31-16-15-27-9-3-4-10-30(27)25-31/h3-26H,1-2H3. The Morgan fingerprint density at radius 2 is 1.06 bits per heavy atom. The zero-order valence-electron chi connectivity index (χ0n) is 26.8. The second-order valence-electron chi connectivity index (χ2n) is 14.0. The first kappa shape index (κ1) is 26.6.